The Morgan fingerprint density at radius 3 is 2.25 bits per heavy atom. The fourth-order valence-corrected chi connectivity index (χ4v) is 1.37. The van der Waals surface area contributed by atoms with Crippen LogP contribution in [0.2, 0.25) is 0 Å². The van der Waals surface area contributed by atoms with E-state index in [-0.39, 0.29) is 57.8 Å². The summed E-state index contributed by atoms with van der Waals surface area (Å²) >= 11 is 0. The van der Waals surface area contributed by atoms with E-state index in [4.69, 9.17) is 4.55 Å². The van der Waals surface area contributed by atoms with Crippen molar-refractivity contribution in [1.82, 2.24) is 0 Å². The molecular formula is C9H18KO5S. The molecule has 0 saturated heterocycles. The summed E-state index contributed by atoms with van der Waals surface area (Å²) in [5.41, 5.74) is 0. The molecule has 1 N–H and O–H groups in total. The van der Waals surface area contributed by atoms with Crippen LogP contribution in [0.25, 0.3) is 0 Å². The summed E-state index contributed by atoms with van der Waals surface area (Å²) in [5.74, 6) is -1.52. The molecule has 1 radical (unpaired) electrons. The Morgan fingerprint density at radius 2 is 1.75 bits per heavy atom. The zero-order chi connectivity index (χ0) is 11.7. The van der Waals surface area contributed by atoms with Gasteiger partial charge in [-0.05, 0) is 6.42 Å². The van der Waals surface area contributed by atoms with Gasteiger partial charge in [-0.2, -0.15) is 8.42 Å². The average molecular weight is 277 g/mol. The van der Waals surface area contributed by atoms with Crippen LogP contribution in [-0.2, 0) is 19.6 Å². The van der Waals surface area contributed by atoms with Crippen LogP contribution in [0.15, 0.2) is 0 Å². The SMILES string of the molecule is CCCCCCCC(=O)OCS(=O)(=O)O.[K]. The summed E-state index contributed by atoms with van der Waals surface area (Å²) in [5, 5.41) is 0. The van der Waals surface area contributed by atoms with Crippen molar-refractivity contribution >= 4 is 67.5 Å². The minimum Gasteiger partial charge on any atom is -0.447 e. The maximum Gasteiger partial charge on any atom is 0.306 e. The van der Waals surface area contributed by atoms with Crippen molar-refractivity contribution < 1.29 is 22.5 Å². The van der Waals surface area contributed by atoms with E-state index < -0.39 is 22.0 Å². The Labute approximate surface area is 139 Å². The van der Waals surface area contributed by atoms with Crippen LogP contribution in [0.3, 0.4) is 0 Å². The first kappa shape index (κ1) is 19.4. The summed E-state index contributed by atoms with van der Waals surface area (Å²) in [6.07, 6.45) is 5.19. The first-order valence-corrected chi connectivity index (χ1v) is 6.67. The standard InChI is InChI=1S/C9H18O5S.K/c1-2-3-4-5-6-7-9(10)14-8-15(11,12)13;/h2-8H2,1H3,(H,11,12,13);. The number of rotatable bonds is 8. The van der Waals surface area contributed by atoms with Crippen molar-refractivity contribution in [1.29, 1.82) is 0 Å². The van der Waals surface area contributed by atoms with Crippen LogP contribution in [0.4, 0.5) is 0 Å². The predicted octanol–water partition coefficient (Wildman–Crippen LogP) is 1.35. The van der Waals surface area contributed by atoms with Crippen molar-refractivity contribution in [3.63, 3.8) is 0 Å². The van der Waals surface area contributed by atoms with Crippen molar-refractivity contribution in [2.75, 3.05) is 5.94 Å². The number of esters is 1. The predicted molar refractivity (Wildman–Crippen MR) is 61.6 cm³/mol. The summed E-state index contributed by atoms with van der Waals surface area (Å²) in [7, 11) is -4.20. The molecule has 0 atom stereocenters. The van der Waals surface area contributed by atoms with Gasteiger partial charge >= 0.3 is 16.1 Å². The van der Waals surface area contributed by atoms with Crippen molar-refractivity contribution in [2.24, 2.45) is 0 Å². The second-order valence-electron chi connectivity index (χ2n) is 3.38. The maximum atomic E-state index is 10.9. The largest absolute Gasteiger partial charge is 0.447 e. The van der Waals surface area contributed by atoms with Gasteiger partial charge in [0.05, 0.1) is 0 Å². The van der Waals surface area contributed by atoms with Gasteiger partial charge in [0.25, 0.3) is 0 Å². The molecule has 0 aromatic heterocycles. The molecule has 0 amide bonds. The summed E-state index contributed by atoms with van der Waals surface area (Å²) in [4.78, 5) is 10.9. The van der Waals surface area contributed by atoms with E-state index in [0.717, 1.165) is 25.7 Å². The number of hydrogen-bond acceptors (Lipinski definition) is 4. The molecule has 16 heavy (non-hydrogen) atoms. The normalized spacial score (nSPS) is 10.6. The smallest absolute Gasteiger partial charge is 0.306 e. The van der Waals surface area contributed by atoms with Crippen LogP contribution in [-0.4, -0.2) is 76.3 Å². The van der Waals surface area contributed by atoms with E-state index in [0.29, 0.717) is 6.42 Å². The molecule has 0 heterocycles. The molecule has 0 unspecified atom stereocenters. The summed E-state index contributed by atoms with van der Waals surface area (Å²) in [6, 6.07) is 0. The average Bonchev–Trinajstić information content (AvgIpc) is 2.13. The Kier molecular flexibility index (Phi) is 13.5. The van der Waals surface area contributed by atoms with E-state index >= 15 is 0 Å². The van der Waals surface area contributed by atoms with Gasteiger partial charge in [0.2, 0.25) is 5.94 Å². The van der Waals surface area contributed by atoms with Crippen LogP contribution in [0.1, 0.15) is 45.4 Å². The quantitative estimate of drug-likeness (QED) is 0.313. The molecule has 0 bridgehead atoms. The molecule has 0 aliphatic heterocycles. The van der Waals surface area contributed by atoms with E-state index in [1.54, 1.807) is 0 Å². The van der Waals surface area contributed by atoms with Gasteiger partial charge < -0.3 is 4.74 Å². The van der Waals surface area contributed by atoms with Crippen LogP contribution < -0.4 is 0 Å². The fraction of sp³-hybridized carbons (Fsp3) is 0.889. The number of unbranched alkanes of at least 4 members (excludes halogenated alkanes) is 4. The van der Waals surface area contributed by atoms with Crippen molar-refractivity contribution in [2.45, 2.75) is 45.4 Å². The van der Waals surface area contributed by atoms with E-state index in [2.05, 4.69) is 11.7 Å². The maximum absolute atomic E-state index is 10.9. The second kappa shape index (κ2) is 11.1. The monoisotopic (exact) mass is 277 g/mol. The third-order valence-electron chi connectivity index (χ3n) is 1.85. The molecule has 0 fully saturated rings. The molecule has 0 spiro atoms. The van der Waals surface area contributed by atoms with E-state index in [1.807, 2.05) is 0 Å². The number of carbonyl (C=O) groups is 1. The van der Waals surface area contributed by atoms with Crippen molar-refractivity contribution in [3.8, 4) is 0 Å². The molecule has 0 aliphatic carbocycles. The third kappa shape index (κ3) is 15.0. The second-order valence-corrected chi connectivity index (χ2v) is 4.78. The Balaban J connectivity index is 0. The minimum atomic E-state index is -4.20. The van der Waals surface area contributed by atoms with Gasteiger partial charge in [-0.3, -0.25) is 9.35 Å². The molecule has 0 saturated carbocycles. The molecule has 0 aliphatic rings. The Morgan fingerprint density at radius 1 is 1.19 bits per heavy atom. The van der Waals surface area contributed by atoms with Crippen molar-refractivity contribution in [3.05, 3.63) is 0 Å². The van der Waals surface area contributed by atoms with Crippen LogP contribution in [0.5, 0.6) is 0 Å². The fourth-order valence-electron chi connectivity index (χ4n) is 1.09. The molecular weight excluding hydrogens is 259 g/mol. The van der Waals surface area contributed by atoms with Gasteiger partial charge in [-0.15, -0.1) is 0 Å². The number of carbonyl (C=O) groups excluding carboxylic acids is 1. The first-order chi connectivity index (χ1) is 6.95. The molecule has 91 valence electrons. The zero-order valence-electron chi connectivity index (χ0n) is 9.94. The molecule has 0 rings (SSSR count). The summed E-state index contributed by atoms with van der Waals surface area (Å²) < 4.78 is 33.1. The molecule has 5 nitrogen and oxygen atoms in total. The van der Waals surface area contributed by atoms with Gasteiger partial charge in [-0.1, -0.05) is 32.6 Å². The zero-order valence-corrected chi connectivity index (χ0v) is 13.9. The van der Waals surface area contributed by atoms with Gasteiger partial charge in [0.1, 0.15) is 0 Å². The summed E-state index contributed by atoms with van der Waals surface area (Å²) in [6.45, 7) is 2.10. The molecule has 0 aromatic rings. The van der Waals surface area contributed by atoms with Crippen LogP contribution in [0, 0.1) is 0 Å². The van der Waals surface area contributed by atoms with E-state index in [1.165, 1.54) is 0 Å². The van der Waals surface area contributed by atoms with Gasteiger partial charge in [0.15, 0.2) is 0 Å². The Hall–Kier alpha value is 1.02. The first-order valence-electron chi connectivity index (χ1n) is 5.06. The molecule has 0 aromatic carbocycles. The molecule has 7 heteroatoms. The number of hydrogen-bond donors (Lipinski definition) is 1. The Bertz CT molecular complexity index is 276. The number of ether oxygens (including phenoxy) is 1. The van der Waals surface area contributed by atoms with E-state index in [9.17, 15) is 13.2 Å². The topological polar surface area (TPSA) is 80.7 Å². The van der Waals surface area contributed by atoms with Gasteiger partial charge in [0, 0.05) is 57.8 Å². The third-order valence-corrected chi connectivity index (χ3v) is 2.27. The van der Waals surface area contributed by atoms with Crippen LogP contribution >= 0.6 is 0 Å². The van der Waals surface area contributed by atoms with Gasteiger partial charge in [-0.25, -0.2) is 0 Å². The minimum absolute atomic E-state index is 0.